The maximum atomic E-state index is 3.39. The molecule has 0 amide bonds. The Labute approximate surface area is 63.5 Å². The van der Waals surface area contributed by atoms with Crippen LogP contribution in [-0.4, -0.2) is 13.1 Å². The van der Waals surface area contributed by atoms with Crippen LogP contribution in [0.5, 0.6) is 0 Å². The normalized spacial score (nSPS) is 35.0. The second-order valence-electron chi connectivity index (χ2n) is 3.16. The van der Waals surface area contributed by atoms with Crippen molar-refractivity contribution in [2.24, 2.45) is 11.8 Å². The molecule has 0 saturated carbocycles. The lowest BCUT2D eigenvalue weighted by atomic mass is 9.88. The third-order valence-electron chi connectivity index (χ3n) is 2.29. The molecule has 0 aromatic carbocycles. The highest BCUT2D eigenvalue weighted by atomic mass is 14.9. The maximum Gasteiger partial charge on any atom is -0.00175 e. The van der Waals surface area contributed by atoms with Crippen LogP contribution in [0.1, 0.15) is 20.3 Å². The summed E-state index contributed by atoms with van der Waals surface area (Å²) in [7, 11) is 0. The zero-order chi connectivity index (χ0) is 7.40. The predicted octanol–water partition coefficient (Wildman–Crippen LogP) is 1.81. The summed E-state index contributed by atoms with van der Waals surface area (Å²) in [6, 6.07) is 0. The highest BCUT2D eigenvalue weighted by molar-refractivity contribution is 4.91. The number of nitrogens with one attached hydrogen (secondary N) is 1. The highest BCUT2D eigenvalue weighted by Gasteiger charge is 2.17. The van der Waals surface area contributed by atoms with Crippen molar-refractivity contribution in [3.8, 4) is 0 Å². The molecule has 0 bridgehead atoms. The van der Waals surface area contributed by atoms with Gasteiger partial charge in [-0.3, -0.25) is 0 Å². The monoisotopic (exact) mass is 139 g/mol. The number of piperidine rings is 1. The molecule has 1 nitrogen and oxygen atoms in total. The van der Waals surface area contributed by atoms with Crippen LogP contribution < -0.4 is 5.32 Å². The van der Waals surface area contributed by atoms with Gasteiger partial charge in [-0.25, -0.2) is 0 Å². The van der Waals surface area contributed by atoms with E-state index in [4.69, 9.17) is 0 Å². The van der Waals surface area contributed by atoms with Crippen LogP contribution in [0.2, 0.25) is 0 Å². The van der Waals surface area contributed by atoms with Gasteiger partial charge < -0.3 is 5.32 Å². The highest BCUT2D eigenvalue weighted by Crippen LogP contribution is 2.19. The van der Waals surface area contributed by atoms with E-state index in [0.717, 1.165) is 11.8 Å². The summed E-state index contributed by atoms with van der Waals surface area (Å²) >= 11 is 0. The molecule has 1 aliphatic rings. The lowest BCUT2D eigenvalue weighted by Crippen LogP contribution is -2.34. The van der Waals surface area contributed by atoms with E-state index in [1.54, 1.807) is 0 Å². The largest absolute Gasteiger partial charge is 0.316 e. The van der Waals surface area contributed by atoms with Crippen LogP contribution in [0.4, 0.5) is 0 Å². The zero-order valence-electron chi connectivity index (χ0n) is 6.93. The summed E-state index contributed by atoms with van der Waals surface area (Å²) in [5.74, 6) is 1.65. The van der Waals surface area contributed by atoms with Crippen molar-refractivity contribution >= 4 is 0 Å². The van der Waals surface area contributed by atoms with Gasteiger partial charge in [0.05, 0.1) is 0 Å². The minimum atomic E-state index is 0.824. The molecule has 2 atom stereocenters. The fourth-order valence-corrected chi connectivity index (χ4v) is 1.57. The Hall–Kier alpha value is -0.300. The summed E-state index contributed by atoms with van der Waals surface area (Å²) in [5, 5.41) is 3.39. The average Bonchev–Trinajstić information content (AvgIpc) is 1.94. The zero-order valence-corrected chi connectivity index (χ0v) is 6.93. The first-order valence-electron chi connectivity index (χ1n) is 4.18. The van der Waals surface area contributed by atoms with Gasteiger partial charge in [0.2, 0.25) is 0 Å². The van der Waals surface area contributed by atoms with Crippen LogP contribution in [0.3, 0.4) is 0 Å². The van der Waals surface area contributed by atoms with Gasteiger partial charge in [-0.1, -0.05) is 19.1 Å². The summed E-state index contributed by atoms with van der Waals surface area (Å²) in [6.45, 7) is 6.81. The van der Waals surface area contributed by atoms with Crippen LogP contribution in [0, 0.1) is 11.8 Å². The van der Waals surface area contributed by atoms with Gasteiger partial charge in [-0.2, -0.15) is 0 Å². The number of hydrogen-bond acceptors (Lipinski definition) is 1. The first-order chi connectivity index (χ1) is 4.84. The van der Waals surface area contributed by atoms with Crippen molar-refractivity contribution in [3.05, 3.63) is 12.2 Å². The molecular formula is C9H17N. The smallest absolute Gasteiger partial charge is 0.00175 e. The molecule has 1 rings (SSSR count). The molecule has 1 fully saturated rings. The summed E-state index contributed by atoms with van der Waals surface area (Å²) in [5.41, 5.74) is 0. The SMILES string of the molecule is C/C=C/C1CCNCC1C. The Balaban J connectivity index is 2.39. The van der Waals surface area contributed by atoms with Crippen molar-refractivity contribution in [3.63, 3.8) is 0 Å². The van der Waals surface area contributed by atoms with E-state index in [0.29, 0.717) is 0 Å². The Morgan fingerprint density at radius 2 is 2.30 bits per heavy atom. The van der Waals surface area contributed by atoms with Crippen molar-refractivity contribution in [1.29, 1.82) is 0 Å². The summed E-state index contributed by atoms with van der Waals surface area (Å²) in [4.78, 5) is 0. The minimum Gasteiger partial charge on any atom is -0.316 e. The molecule has 0 spiro atoms. The second-order valence-corrected chi connectivity index (χ2v) is 3.16. The van der Waals surface area contributed by atoms with Crippen LogP contribution in [0.25, 0.3) is 0 Å². The molecule has 2 unspecified atom stereocenters. The van der Waals surface area contributed by atoms with E-state index in [9.17, 15) is 0 Å². The first-order valence-corrected chi connectivity index (χ1v) is 4.18. The van der Waals surface area contributed by atoms with Crippen LogP contribution in [-0.2, 0) is 0 Å². The van der Waals surface area contributed by atoms with Gasteiger partial charge in [0.25, 0.3) is 0 Å². The molecule has 0 aromatic heterocycles. The molecule has 1 heteroatoms. The van der Waals surface area contributed by atoms with Gasteiger partial charge in [0.1, 0.15) is 0 Å². The van der Waals surface area contributed by atoms with Crippen LogP contribution in [0.15, 0.2) is 12.2 Å². The van der Waals surface area contributed by atoms with E-state index < -0.39 is 0 Å². The molecule has 1 N–H and O–H groups in total. The molecule has 1 saturated heterocycles. The van der Waals surface area contributed by atoms with E-state index in [-0.39, 0.29) is 0 Å². The third kappa shape index (κ3) is 1.84. The van der Waals surface area contributed by atoms with Gasteiger partial charge in [0.15, 0.2) is 0 Å². The predicted molar refractivity (Wildman–Crippen MR) is 45.0 cm³/mol. The second kappa shape index (κ2) is 3.77. The Morgan fingerprint density at radius 3 is 2.90 bits per heavy atom. The van der Waals surface area contributed by atoms with E-state index in [2.05, 4.69) is 31.3 Å². The number of allylic oxidation sites excluding steroid dienone is 2. The number of hydrogen-bond donors (Lipinski definition) is 1. The molecule has 0 radical (unpaired) electrons. The van der Waals surface area contributed by atoms with E-state index in [1.165, 1.54) is 19.5 Å². The van der Waals surface area contributed by atoms with Crippen molar-refractivity contribution in [2.45, 2.75) is 20.3 Å². The standard InChI is InChI=1S/C9H17N/c1-3-4-9-5-6-10-7-8(9)2/h3-4,8-10H,5-7H2,1-2H3/b4-3+. The molecule has 0 aromatic rings. The minimum absolute atomic E-state index is 0.824. The van der Waals surface area contributed by atoms with E-state index >= 15 is 0 Å². The van der Waals surface area contributed by atoms with Crippen molar-refractivity contribution in [1.82, 2.24) is 5.32 Å². The van der Waals surface area contributed by atoms with Crippen molar-refractivity contribution in [2.75, 3.05) is 13.1 Å². The summed E-state index contributed by atoms with van der Waals surface area (Å²) in [6.07, 6.45) is 5.82. The lowest BCUT2D eigenvalue weighted by Gasteiger charge is -2.26. The fourth-order valence-electron chi connectivity index (χ4n) is 1.57. The Bertz CT molecular complexity index is 118. The van der Waals surface area contributed by atoms with Gasteiger partial charge >= 0.3 is 0 Å². The van der Waals surface area contributed by atoms with E-state index in [1.807, 2.05) is 0 Å². The summed E-state index contributed by atoms with van der Waals surface area (Å²) < 4.78 is 0. The molecule has 58 valence electrons. The topological polar surface area (TPSA) is 12.0 Å². The quantitative estimate of drug-likeness (QED) is 0.546. The first kappa shape index (κ1) is 7.80. The Kier molecular flexibility index (Phi) is 2.94. The molecule has 10 heavy (non-hydrogen) atoms. The van der Waals surface area contributed by atoms with Crippen LogP contribution >= 0.6 is 0 Å². The maximum absolute atomic E-state index is 3.39. The molecule has 1 aliphatic heterocycles. The average molecular weight is 139 g/mol. The lowest BCUT2D eigenvalue weighted by molar-refractivity contribution is 0.325. The number of rotatable bonds is 1. The van der Waals surface area contributed by atoms with Crippen molar-refractivity contribution < 1.29 is 0 Å². The molecule has 0 aliphatic carbocycles. The Morgan fingerprint density at radius 1 is 1.50 bits per heavy atom. The molecular weight excluding hydrogens is 122 g/mol. The van der Waals surface area contributed by atoms with Gasteiger partial charge in [-0.15, -0.1) is 0 Å². The van der Waals surface area contributed by atoms with Gasteiger partial charge in [0, 0.05) is 0 Å². The van der Waals surface area contributed by atoms with Gasteiger partial charge in [-0.05, 0) is 38.3 Å². The fraction of sp³-hybridized carbons (Fsp3) is 0.778. The molecule has 1 heterocycles. The third-order valence-corrected chi connectivity index (χ3v) is 2.29.